The van der Waals surface area contributed by atoms with Crippen molar-refractivity contribution in [3.05, 3.63) is 70.3 Å². The van der Waals surface area contributed by atoms with Gasteiger partial charge in [0.1, 0.15) is 0 Å². The van der Waals surface area contributed by atoms with Crippen molar-refractivity contribution in [2.24, 2.45) is 0 Å². The van der Waals surface area contributed by atoms with Crippen LogP contribution in [0, 0.1) is 10.1 Å². The Balaban J connectivity index is 1.58. The van der Waals surface area contributed by atoms with Gasteiger partial charge < -0.3 is 10.4 Å². The van der Waals surface area contributed by atoms with Gasteiger partial charge in [0.2, 0.25) is 0 Å². The molecule has 0 spiro atoms. The third-order valence-electron chi connectivity index (χ3n) is 4.55. The van der Waals surface area contributed by atoms with E-state index in [-0.39, 0.29) is 5.69 Å². The highest BCUT2D eigenvalue weighted by molar-refractivity contribution is 5.43. The number of non-ortho nitro benzene ring substituents is 1. The molecule has 25 heavy (non-hydrogen) atoms. The number of nitrogens with zero attached hydrogens (tertiary/aromatic N) is 2. The molecule has 3 rings (SSSR count). The van der Waals surface area contributed by atoms with Crippen LogP contribution in [0.25, 0.3) is 0 Å². The van der Waals surface area contributed by atoms with Gasteiger partial charge in [0.05, 0.1) is 11.0 Å². The molecule has 6 heteroatoms. The van der Waals surface area contributed by atoms with Gasteiger partial charge in [-0.05, 0) is 37.1 Å². The predicted molar refractivity (Wildman–Crippen MR) is 97.6 cm³/mol. The molecule has 2 atom stereocenters. The molecule has 0 saturated carbocycles. The zero-order chi connectivity index (χ0) is 17.6. The molecule has 0 aromatic heterocycles. The van der Waals surface area contributed by atoms with Crippen LogP contribution in [0.5, 0.6) is 0 Å². The Morgan fingerprint density at radius 1 is 1.24 bits per heavy atom. The van der Waals surface area contributed by atoms with Gasteiger partial charge in [0.25, 0.3) is 5.69 Å². The number of hydrogen-bond donors (Lipinski definition) is 2. The summed E-state index contributed by atoms with van der Waals surface area (Å²) in [5, 5.41) is 24.9. The van der Waals surface area contributed by atoms with E-state index >= 15 is 0 Å². The fourth-order valence-electron chi connectivity index (χ4n) is 3.30. The van der Waals surface area contributed by atoms with Gasteiger partial charge in [-0.3, -0.25) is 15.0 Å². The van der Waals surface area contributed by atoms with Crippen LogP contribution in [0.3, 0.4) is 0 Å². The highest BCUT2D eigenvalue weighted by Gasteiger charge is 2.23. The monoisotopic (exact) mass is 341 g/mol. The van der Waals surface area contributed by atoms with Crippen molar-refractivity contribution >= 4 is 11.4 Å². The van der Waals surface area contributed by atoms with Crippen molar-refractivity contribution < 1.29 is 10.0 Å². The molecule has 0 aliphatic carbocycles. The maximum Gasteiger partial charge on any atom is 0.269 e. The van der Waals surface area contributed by atoms with E-state index in [1.807, 2.05) is 18.2 Å². The quantitative estimate of drug-likeness (QED) is 0.623. The minimum atomic E-state index is -0.727. The molecule has 2 aromatic rings. The zero-order valence-electron chi connectivity index (χ0n) is 14.0. The first-order valence-electron chi connectivity index (χ1n) is 8.58. The molecule has 0 amide bonds. The zero-order valence-corrected chi connectivity index (χ0v) is 14.0. The summed E-state index contributed by atoms with van der Waals surface area (Å²) in [4.78, 5) is 12.7. The number of hydrogen-bond acceptors (Lipinski definition) is 5. The van der Waals surface area contributed by atoms with Gasteiger partial charge in [-0.1, -0.05) is 30.3 Å². The van der Waals surface area contributed by atoms with E-state index < -0.39 is 11.0 Å². The molecule has 2 unspecified atom stereocenters. The number of likely N-dealkylation sites (tertiary alicyclic amines) is 1. The summed E-state index contributed by atoms with van der Waals surface area (Å²) in [5.41, 5.74) is 1.71. The van der Waals surface area contributed by atoms with E-state index in [2.05, 4.69) is 22.3 Å². The van der Waals surface area contributed by atoms with E-state index in [4.69, 9.17) is 0 Å². The number of aliphatic hydroxyl groups excluding tert-OH is 1. The predicted octanol–water partition coefficient (Wildman–Crippen LogP) is 3.20. The number of benzene rings is 2. The molecule has 0 bridgehead atoms. The van der Waals surface area contributed by atoms with Crippen LogP contribution in [-0.2, 0) is 0 Å². The summed E-state index contributed by atoms with van der Waals surface area (Å²) >= 11 is 0. The average molecular weight is 341 g/mol. The summed E-state index contributed by atoms with van der Waals surface area (Å²) in [6.07, 6.45) is 1.43. The van der Waals surface area contributed by atoms with Crippen LogP contribution >= 0.6 is 0 Å². The first-order valence-corrected chi connectivity index (χ1v) is 8.58. The van der Waals surface area contributed by atoms with Crippen LogP contribution in [0.2, 0.25) is 0 Å². The number of para-hydroxylation sites is 1. The van der Waals surface area contributed by atoms with Gasteiger partial charge in [-0.15, -0.1) is 0 Å². The molecule has 1 fully saturated rings. The number of nitro groups is 1. The molecular weight excluding hydrogens is 318 g/mol. The van der Waals surface area contributed by atoms with Crippen LogP contribution in [0.4, 0.5) is 11.4 Å². The minimum Gasteiger partial charge on any atom is -0.387 e. The van der Waals surface area contributed by atoms with Gasteiger partial charge in [-0.25, -0.2) is 0 Å². The second kappa shape index (κ2) is 8.09. The number of rotatable bonds is 6. The molecular formula is C19H23N3O3. The number of aliphatic hydroxyl groups is 1. The van der Waals surface area contributed by atoms with Crippen molar-refractivity contribution in [1.82, 2.24) is 4.90 Å². The Kier molecular flexibility index (Phi) is 5.63. The highest BCUT2D eigenvalue weighted by atomic mass is 16.6. The summed E-state index contributed by atoms with van der Waals surface area (Å²) in [6, 6.07) is 16.7. The van der Waals surface area contributed by atoms with Crippen molar-refractivity contribution in [3.8, 4) is 0 Å². The van der Waals surface area contributed by atoms with Crippen LogP contribution in [-0.4, -0.2) is 40.6 Å². The van der Waals surface area contributed by atoms with Crippen LogP contribution in [0.1, 0.15) is 24.5 Å². The van der Waals surface area contributed by atoms with E-state index in [0.29, 0.717) is 18.2 Å². The van der Waals surface area contributed by atoms with E-state index in [9.17, 15) is 15.2 Å². The number of β-amino-alcohol motifs (C(OH)–C–C–N with tert-alkyl or cyclic N) is 1. The fourth-order valence-corrected chi connectivity index (χ4v) is 3.30. The van der Waals surface area contributed by atoms with Gasteiger partial charge in [0.15, 0.2) is 0 Å². The van der Waals surface area contributed by atoms with Crippen LogP contribution in [0.15, 0.2) is 54.6 Å². The molecule has 1 aliphatic rings. The van der Waals surface area contributed by atoms with Gasteiger partial charge in [0, 0.05) is 37.0 Å². The van der Waals surface area contributed by atoms with Crippen molar-refractivity contribution in [1.29, 1.82) is 0 Å². The Labute approximate surface area is 147 Å². The van der Waals surface area contributed by atoms with Crippen molar-refractivity contribution in [2.75, 3.05) is 25.0 Å². The molecule has 0 radical (unpaired) electrons. The van der Waals surface area contributed by atoms with E-state index in [1.165, 1.54) is 12.1 Å². The summed E-state index contributed by atoms with van der Waals surface area (Å²) < 4.78 is 0. The summed E-state index contributed by atoms with van der Waals surface area (Å²) in [5.74, 6) is 0. The lowest BCUT2D eigenvalue weighted by Gasteiger charge is -2.34. The number of nitro benzene ring substituents is 1. The second-order valence-corrected chi connectivity index (χ2v) is 6.48. The summed E-state index contributed by atoms with van der Waals surface area (Å²) in [6.45, 7) is 2.26. The fraction of sp³-hybridized carbons (Fsp3) is 0.368. The number of nitrogens with one attached hydrogen (secondary N) is 1. The minimum absolute atomic E-state index is 0.0128. The first kappa shape index (κ1) is 17.4. The molecule has 2 N–H and O–H groups in total. The lowest BCUT2D eigenvalue weighted by molar-refractivity contribution is -0.385. The first-order chi connectivity index (χ1) is 12.1. The topological polar surface area (TPSA) is 78.6 Å². The SMILES string of the molecule is O=[N+]([O-])c1cccc(C(O)CN2CCCC(Nc3ccccc3)C2)c1. The number of piperidine rings is 1. The largest absolute Gasteiger partial charge is 0.387 e. The average Bonchev–Trinajstić information content (AvgIpc) is 2.63. The normalized spacial score (nSPS) is 19.3. The summed E-state index contributed by atoms with van der Waals surface area (Å²) in [7, 11) is 0. The second-order valence-electron chi connectivity index (χ2n) is 6.48. The van der Waals surface area contributed by atoms with E-state index in [0.717, 1.165) is 31.6 Å². The van der Waals surface area contributed by atoms with Crippen molar-refractivity contribution in [3.63, 3.8) is 0 Å². The van der Waals surface area contributed by atoms with E-state index in [1.54, 1.807) is 12.1 Å². The maximum atomic E-state index is 10.9. The van der Waals surface area contributed by atoms with Crippen molar-refractivity contribution in [2.45, 2.75) is 25.0 Å². The van der Waals surface area contributed by atoms with Gasteiger partial charge in [-0.2, -0.15) is 0 Å². The molecule has 2 aromatic carbocycles. The maximum absolute atomic E-state index is 10.9. The lowest BCUT2D eigenvalue weighted by atomic mass is 10.0. The Hall–Kier alpha value is -2.44. The highest BCUT2D eigenvalue weighted by Crippen LogP contribution is 2.22. The van der Waals surface area contributed by atoms with Gasteiger partial charge >= 0.3 is 0 Å². The molecule has 132 valence electrons. The molecule has 1 aliphatic heterocycles. The molecule has 1 heterocycles. The molecule has 6 nitrogen and oxygen atoms in total. The standard InChI is InChI=1S/C19H23N3O3/c23-19(15-6-4-10-18(12-15)22(24)25)14-21-11-5-9-17(13-21)20-16-7-2-1-3-8-16/h1-4,6-8,10,12,17,19-20,23H,5,9,11,13-14H2. The lowest BCUT2D eigenvalue weighted by Crippen LogP contribution is -2.43. The third-order valence-corrected chi connectivity index (χ3v) is 4.55. The smallest absolute Gasteiger partial charge is 0.269 e. The Bertz CT molecular complexity index is 708. The van der Waals surface area contributed by atoms with Crippen LogP contribution < -0.4 is 5.32 Å². The number of anilines is 1. The molecule has 1 saturated heterocycles. The third kappa shape index (κ3) is 4.78. The Morgan fingerprint density at radius 2 is 2.04 bits per heavy atom. The Morgan fingerprint density at radius 3 is 2.80 bits per heavy atom.